The van der Waals surface area contributed by atoms with Gasteiger partial charge in [-0.05, 0) is 116 Å². The van der Waals surface area contributed by atoms with Crippen molar-refractivity contribution in [2.24, 2.45) is 0 Å². The third-order valence-corrected chi connectivity index (χ3v) is 12.4. The number of ether oxygens (including phenoxy) is 3. The first kappa shape index (κ1) is 64.8. The minimum atomic E-state index is -0.789. The first-order valence-corrected chi connectivity index (χ1v) is 28.9. The van der Waals surface area contributed by atoms with Crippen molar-refractivity contribution in [1.29, 1.82) is 0 Å². The number of allylic oxidation sites excluding steroid dienone is 12. The molecule has 6 heteroatoms. The number of carbonyl (C=O) groups is 3. The van der Waals surface area contributed by atoms with E-state index in [1.165, 1.54) is 148 Å². The standard InChI is InChI=1S/C62H108O6/c1-4-7-10-13-16-19-22-25-28-30-31-33-34-37-40-43-46-49-52-55-61(64)67-58-59(57-66-60(63)54-51-48-45-42-39-36-27-24-21-18-15-12-9-6-3)68-62(65)56-53-50-47-44-41-38-35-32-29-26-23-20-17-14-11-8-5-2/h16-17,19-20,24-29,31,33,59H,4-15,18,21-23,30,32,34-58H2,1-3H3/b19-16-,20-17-,27-24-,28-25-,29-26-,33-31-. The first-order chi connectivity index (χ1) is 33.5. The van der Waals surface area contributed by atoms with E-state index >= 15 is 0 Å². The third-order valence-electron chi connectivity index (χ3n) is 12.4. The number of hydrogen-bond donors (Lipinski definition) is 0. The number of esters is 3. The maximum Gasteiger partial charge on any atom is 0.306 e. The molecule has 0 bridgehead atoms. The van der Waals surface area contributed by atoms with Gasteiger partial charge in [-0.1, -0.05) is 222 Å². The molecule has 0 aromatic carbocycles. The van der Waals surface area contributed by atoms with Gasteiger partial charge in [0.2, 0.25) is 0 Å². The van der Waals surface area contributed by atoms with E-state index in [0.29, 0.717) is 19.3 Å². The molecule has 0 aliphatic carbocycles. The summed E-state index contributed by atoms with van der Waals surface area (Å²) >= 11 is 0. The zero-order valence-electron chi connectivity index (χ0n) is 44.9. The Bertz CT molecular complexity index is 1270. The maximum atomic E-state index is 12.9. The molecule has 0 aliphatic heterocycles. The van der Waals surface area contributed by atoms with Crippen LogP contribution in [0.1, 0.15) is 284 Å². The molecule has 0 aromatic heterocycles. The predicted molar refractivity (Wildman–Crippen MR) is 293 cm³/mol. The van der Waals surface area contributed by atoms with E-state index in [2.05, 4.69) is 93.7 Å². The van der Waals surface area contributed by atoms with Gasteiger partial charge in [-0.15, -0.1) is 0 Å². The lowest BCUT2D eigenvalue weighted by atomic mass is 10.1. The maximum absolute atomic E-state index is 12.9. The molecule has 0 N–H and O–H groups in total. The molecule has 68 heavy (non-hydrogen) atoms. The Labute approximate surface area is 421 Å². The van der Waals surface area contributed by atoms with Crippen LogP contribution in [0.2, 0.25) is 0 Å². The summed E-state index contributed by atoms with van der Waals surface area (Å²) in [6, 6.07) is 0. The van der Waals surface area contributed by atoms with Gasteiger partial charge >= 0.3 is 17.9 Å². The van der Waals surface area contributed by atoms with Crippen molar-refractivity contribution in [2.75, 3.05) is 13.2 Å². The lowest BCUT2D eigenvalue weighted by Gasteiger charge is -2.18. The van der Waals surface area contributed by atoms with Crippen LogP contribution >= 0.6 is 0 Å². The SMILES string of the molecule is CCCCC/C=C\C/C=C\C/C=C\CCCCCCCCC(=O)OCC(COC(=O)CCCCCCC/C=C\CCCCCCC)OC(=O)CCCCCCCCC/C=C\C/C=C\CCCCC. The Morgan fingerprint density at radius 3 is 0.868 bits per heavy atom. The predicted octanol–water partition coefficient (Wildman–Crippen LogP) is 19.4. The van der Waals surface area contributed by atoms with E-state index < -0.39 is 6.10 Å². The number of rotatable bonds is 52. The van der Waals surface area contributed by atoms with Gasteiger partial charge in [0.25, 0.3) is 0 Å². The molecule has 1 atom stereocenters. The first-order valence-electron chi connectivity index (χ1n) is 28.9. The van der Waals surface area contributed by atoms with Crippen LogP contribution in [0, 0.1) is 0 Å². The fourth-order valence-electron chi connectivity index (χ4n) is 8.00. The van der Waals surface area contributed by atoms with Gasteiger partial charge in [-0.25, -0.2) is 0 Å². The van der Waals surface area contributed by atoms with E-state index in [1.807, 2.05) is 0 Å². The lowest BCUT2D eigenvalue weighted by molar-refractivity contribution is -0.167. The summed E-state index contributed by atoms with van der Waals surface area (Å²) in [5.74, 6) is -0.908. The molecular formula is C62H108O6. The third kappa shape index (κ3) is 53.8. The van der Waals surface area contributed by atoms with Crippen molar-refractivity contribution in [1.82, 2.24) is 0 Å². The summed E-state index contributed by atoms with van der Waals surface area (Å²) < 4.78 is 16.9. The van der Waals surface area contributed by atoms with Crippen molar-refractivity contribution in [3.05, 3.63) is 72.9 Å². The topological polar surface area (TPSA) is 78.9 Å². The van der Waals surface area contributed by atoms with Crippen molar-refractivity contribution >= 4 is 17.9 Å². The Kier molecular flexibility index (Phi) is 53.8. The largest absolute Gasteiger partial charge is 0.462 e. The molecule has 1 unspecified atom stereocenters. The smallest absolute Gasteiger partial charge is 0.306 e. The van der Waals surface area contributed by atoms with Crippen LogP contribution in [0.15, 0.2) is 72.9 Å². The molecule has 0 fully saturated rings. The molecular weight excluding hydrogens is 841 g/mol. The summed E-state index contributed by atoms with van der Waals surface area (Å²) in [5, 5.41) is 0. The normalized spacial score (nSPS) is 12.6. The van der Waals surface area contributed by atoms with E-state index in [1.54, 1.807) is 0 Å². The molecule has 0 radical (unpaired) electrons. The van der Waals surface area contributed by atoms with E-state index in [4.69, 9.17) is 14.2 Å². The number of hydrogen-bond acceptors (Lipinski definition) is 6. The average molecular weight is 950 g/mol. The molecule has 392 valence electrons. The highest BCUT2D eigenvalue weighted by atomic mass is 16.6. The molecule has 0 aliphatic rings. The fourth-order valence-corrected chi connectivity index (χ4v) is 8.00. The summed E-state index contributed by atoms with van der Waals surface area (Å²) in [4.78, 5) is 38.2. The zero-order chi connectivity index (χ0) is 49.3. The van der Waals surface area contributed by atoms with E-state index in [9.17, 15) is 14.4 Å². The van der Waals surface area contributed by atoms with Gasteiger partial charge in [0.1, 0.15) is 13.2 Å². The molecule has 0 amide bonds. The lowest BCUT2D eigenvalue weighted by Crippen LogP contribution is -2.30. The quantitative estimate of drug-likeness (QED) is 0.0262. The highest BCUT2D eigenvalue weighted by Crippen LogP contribution is 2.15. The fraction of sp³-hybridized carbons (Fsp3) is 0.758. The van der Waals surface area contributed by atoms with E-state index in [-0.39, 0.29) is 31.1 Å². The molecule has 0 saturated heterocycles. The van der Waals surface area contributed by atoms with Gasteiger partial charge in [-0.2, -0.15) is 0 Å². The summed E-state index contributed by atoms with van der Waals surface area (Å²) in [5.41, 5.74) is 0. The molecule has 0 rings (SSSR count). The van der Waals surface area contributed by atoms with E-state index in [0.717, 1.165) is 96.3 Å². The van der Waals surface area contributed by atoms with Crippen LogP contribution in [0.25, 0.3) is 0 Å². The Hall–Kier alpha value is -3.15. The van der Waals surface area contributed by atoms with Crippen molar-refractivity contribution in [3.8, 4) is 0 Å². The second kappa shape index (κ2) is 56.4. The highest BCUT2D eigenvalue weighted by molar-refractivity contribution is 5.71. The van der Waals surface area contributed by atoms with Crippen molar-refractivity contribution in [2.45, 2.75) is 290 Å². The van der Waals surface area contributed by atoms with Crippen LogP contribution in [0.5, 0.6) is 0 Å². The van der Waals surface area contributed by atoms with Crippen LogP contribution in [-0.4, -0.2) is 37.2 Å². The molecule has 0 saturated carbocycles. The Balaban J connectivity index is 4.42. The summed E-state index contributed by atoms with van der Waals surface area (Å²) in [7, 11) is 0. The Morgan fingerprint density at radius 2 is 0.529 bits per heavy atom. The molecule has 0 aromatic rings. The summed E-state index contributed by atoms with van der Waals surface area (Å²) in [6.45, 7) is 6.57. The van der Waals surface area contributed by atoms with Gasteiger partial charge in [-0.3, -0.25) is 14.4 Å². The minimum absolute atomic E-state index is 0.0868. The molecule has 0 spiro atoms. The number of unbranched alkanes of at least 4 members (excludes halogenated alkanes) is 29. The van der Waals surface area contributed by atoms with Gasteiger partial charge in [0.05, 0.1) is 0 Å². The van der Waals surface area contributed by atoms with Gasteiger partial charge in [0.15, 0.2) is 6.10 Å². The monoisotopic (exact) mass is 949 g/mol. The zero-order valence-corrected chi connectivity index (χ0v) is 44.9. The highest BCUT2D eigenvalue weighted by Gasteiger charge is 2.19. The van der Waals surface area contributed by atoms with Crippen LogP contribution in [-0.2, 0) is 28.6 Å². The molecule has 6 nitrogen and oxygen atoms in total. The van der Waals surface area contributed by atoms with Crippen molar-refractivity contribution < 1.29 is 28.6 Å². The van der Waals surface area contributed by atoms with Crippen LogP contribution in [0.4, 0.5) is 0 Å². The molecule has 0 heterocycles. The second-order valence-corrected chi connectivity index (χ2v) is 19.2. The van der Waals surface area contributed by atoms with Crippen molar-refractivity contribution in [3.63, 3.8) is 0 Å². The van der Waals surface area contributed by atoms with Gasteiger partial charge in [0, 0.05) is 19.3 Å². The second-order valence-electron chi connectivity index (χ2n) is 19.2. The van der Waals surface area contributed by atoms with Crippen LogP contribution < -0.4 is 0 Å². The summed E-state index contributed by atoms with van der Waals surface area (Å²) in [6.07, 6.45) is 71.7. The van der Waals surface area contributed by atoms with Crippen LogP contribution in [0.3, 0.4) is 0 Å². The average Bonchev–Trinajstić information content (AvgIpc) is 3.34. The minimum Gasteiger partial charge on any atom is -0.462 e. The number of carbonyl (C=O) groups excluding carboxylic acids is 3. The Morgan fingerprint density at radius 1 is 0.294 bits per heavy atom. The van der Waals surface area contributed by atoms with Gasteiger partial charge < -0.3 is 14.2 Å².